The van der Waals surface area contributed by atoms with Gasteiger partial charge in [0.05, 0.1) is 0 Å². The van der Waals surface area contributed by atoms with Crippen LogP contribution in [0.5, 0.6) is 0 Å². The van der Waals surface area contributed by atoms with Crippen molar-refractivity contribution in [2.75, 3.05) is 13.2 Å². The molecule has 0 aromatic heterocycles. The summed E-state index contributed by atoms with van der Waals surface area (Å²) in [6.07, 6.45) is 77.3. The lowest BCUT2D eigenvalue weighted by atomic mass is 10.1. The quantitative estimate of drug-likeness (QED) is 0.0199. The number of esters is 3. The molecule has 0 aromatic carbocycles. The average Bonchev–Trinajstić information content (AvgIpc) is 3.34. The van der Waals surface area contributed by atoms with Crippen molar-refractivity contribution in [2.45, 2.75) is 226 Å². The van der Waals surface area contributed by atoms with Gasteiger partial charge >= 0.3 is 17.9 Å². The van der Waals surface area contributed by atoms with Gasteiger partial charge in [0.15, 0.2) is 6.10 Å². The lowest BCUT2D eigenvalue weighted by Gasteiger charge is -2.18. The normalized spacial score (nSPS) is 13.2. The van der Waals surface area contributed by atoms with Crippen molar-refractivity contribution >= 4 is 17.9 Å². The lowest BCUT2D eigenvalue weighted by molar-refractivity contribution is -0.166. The van der Waals surface area contributed by atoms with Crippen LogP contribution in [0, 0.1) is 0 Å². The fourth-order valence-electron chi connectivity index (χ4n) is 6.93. The number of carbonyl (C=O) groups is 3. The fourth-order valence-corrected chi connectivity index (χ4v) is 6.93. The molecule has 1 unspecified atom stereocenters. The van der Waals surface area contributed by atoms with Crippen LogP contribution in [0.2, 0.25) is 0 Å². The smallest absolute Gasteiger partial charge is 0.306 e. The molecule has 0 saturated carbocycles. The molecule has 0 N–H and O–H groups in total. The van der Waals surface area contributed by atoms with Crippen LogP contribution in [0.4, 0.5) is 0 Å². The van der Waals surface area contributed by atoms with Gasteiger partial charge in [-0.1, -0.05) is 231 Å². The summed E-state index contributed by atoms with van der Waals surface area (Å²) in [6.45, 7) is 6.28. The molecule has 0 bridgehead atoms. The largest absolute Gasteiger partial charge is 0.462 e. The van der Waals surface area contributed by atoms with E-state index in [0.29, 0.717) is 12.8 Å². The van der Waals surface area contributed by atoms with E-state index in [2.05, 4.69) is 136 Å². The van der Waals surface area contributed by atoms with Crippen LogP contribution in [0.1, 0.15) is 220 Å². The molecular formula is C62H98O6. The third-order valence-electron chi connectivity index (χ3n) is 11.0. The molecule has 0 amide bonds. The number of hydrogen-bond acceptors (Lipinski definition) is 6. The average molecular weight is 939 g/mol. The maximum Gasteiger partial charge on any atom is 0.306 e. The highest BCUT2D eigenvalue weighted by Gasteiger charge is 2.19. The molecule has 0 aliphatic rings. The Bertz CT molecular complexity index is 1500. The van der Waals surface area contributed by atoms with E-state index in [1.165, 1.54) is 51.4 Å². The molecule has 0 radical (unpaired) electrons. The van der Waals surface area contributed by atoms with Crippen molar-refractivity contribution in [1.82, 2.24) is 0 Å². The highest BCUT2D eigenvalue weighted by Crippen LogP contribution is 2.13. The maximum absolute atomic E-state index is 12.8. The molecule has 0 spiro atoms. The van der Waals surface area contributed by atoms with E-state index in [9.17, 15) is 14.4 Å². The van der Waals surface area contributed by atoms with Crippen LogP contribution in [0.15, 0.2) is 134 Å². The zero-order valence-corrected chi connectivity index (χ0v) is 43.6. The monoisotopic (exact) mass is 939 g/mol. The second-order valence-electron chi connectivity index (χ2n) is 17.5. The Hall–Kier alpha value is -4.45. The van der Waals surface area contributed by atoms with Gasteiger partial charge in [-0.25, -0.2) is 0 Å². The summed E-state index contributed by atoms with van der Waals surface area (Å²) >= 11 is 0. The maximum atomic E-state index is 12.8. The SMILES string of the molecule is CC\C=C/C=C\C=C/CCCCCCCC(=O)OCC(COC(=O)CC/C=C\C/C=C\C/C=C\C/C=C\C/C=C\C/C=C\CC)OC(=O)CCCCCCC/C=C\C=C/CCCCCCCCC. The van der Waals surface area contributed by atoms with Crippen molar-refractivity contribution < 1.29 is 28.6 Å². The molecule has 0 fully saturated rings. The van der Waals surface area contributed by atoms with Gasteiger partial charge in [-0.15, -0.1) is 0 Å². The van der Waals surface area contributed by atoms with Gasteiger partial charge < -0.3 is 14.2 Å². The molecule has 68 heavy (non-hydrogen) atoms. The molecule has 0 aliphatic carbocycles. The number of hydrogen-bond donors (Lipinski definition) is 0. The van der Waals surface area contributed by atoms with Gasteiger partial charge in [0, 0.05) is 19.3 Å². The van der Waals surface area contributed by atoms with E-state index >= 15 is 0 Å². The van der Waals surface area contributed by atoms with Gasteiger partial charge in [-0.2, -0.15) is 0 Å². The first-order chi connectivity index (χ1) is 33.5. The lowest BCUT2D eigenvalue weighted by Crippen LogP contribution is -2.30. The van der Waals surface area contributed by atoms with E-state index in [1.807, 2.05) is 18.2 Å². The van der Waals surface area contributed by atoms with Crippen LogP contribution in [0.25, 0.3) is 0 Å². The predicted octanol–water partition coefficient (Wildman–Crippen LogP) is 18.3. The number of allylic oxidation sites excluding steroid dienone is 22. The molecule has 6 heteroatoms. The van der Waals surface area contributed by atoms with Crippen molar-refractivity contribution in [3.8, 4) is 0 Å². The Morgan fingerprint density at radius 1 is 0.324 bits per heavy atom. The van der Waals surface area contributed by atoms with Gasteiger partial charge in [-0.3, -0.25) is 14.4 Å². The first-order valence-electron chi connectivity index (χ1n) is 27.2. The molecule has 0 aromatic rings. The van der Waals surface area contributed by atoms with Gasteiger partial charge in [-0.05, 0) is 103 Å². The van der Waals surface area contributed by atoms with Crippen LogP contribution in [0.3, 0.4) is 0 Å². The number of unbranched alkanes of at least 4 members (excludes halogenated alkanes) is 17. The summed E-state index contributed by atoms with van der Waals surface area (Å²) in [5, 5.41) is 0. The third-order valence-corrected chi connectivity index (χ3v) is 11.0. The number of ether oxygens (including phenoxy) is 3. The molecule has 0 rings (SSSR count). The van der Waals surface area contributed by atoms with Gasteiger partial charge in [0.25, 0.3) is 0 Å². The molecule has 0 aliphatic heterocycles. The Morgan fingerprint density at radius 3 is 1.13 bits per heavy atom. The molecule has 1 atom stereocenters. The number of carbonyl (C=O) groups excluding carboxylic acids is 3. The first kappa shape index (κ1) is 63.5. The second-order valence-corrected chi connectivity index (χ2v) is 17.5. The second kappa shape index (κ2) is 55.1. The Balaban J connectivity index is 4.57. The zero-order valence-electron chi connectivity index (χ0n) is 43.6. The Kier molecular flexibility index (Phi) is 51.5. The Labute approximate surface area is 417 Å². The van der Waals surface area contributed by atoms with E-state index < -0.39 is 6.10 Å². The molecule has 382 valence electrons. The van der Waals surface area contributed by atoms with E-state index in [0.717, 1.165) is 122 Å². The predicted molar refractivity (Wildman–Crippen MR) is 292 cm³/mol. The Morgan fingerprint density at radius 2 is 0.676 bits per heavy atom. The van der Waals surface area contributed by atoms with Crippen LogP contribution >= 0.6 is 0 Å². The molecular weight excluding hydrogens is 841 g/mol. The summed E-state index contributed by atoms with van der Waals surface area (Å²) in [5.74, 6) is -1.05. The van der Waals surface area contributed by atoms with E-state index in [-0.39, 0.29) is 44.0 Å². The van der Waals surface area contributed by atoms with Gasteiger partial charge in [0.1, 0.15) is 13.2 Å². The van der Waals surface area contributed by atoms with E-state index in [4.69, 9.17) is 14.2 Å². The summed E-state index contributed by atoms with van der Waals surface area (Å²) < 4.78 is 16.7. The summed E-state index contributed by atoms with van der Waals surface area (Å²) in [5.41, 5.74) is 0. The van der Waals surface area contributed by atoms with Crippen molar-refractivity contribution in [3.05, 3.63) is 134 Å². The minimum absolute atomic E-state index is 0.123. The van der Waals surface area contributed by atoms with Crippen molar-refractivity contribution in [1.29, 1.82) is 0 Å². The van der Waals surface area contributed by atoms with Crippen molar-refractivity contribution in [3.63, 3.8) is 0 Å². The zero-order chi connectivity index (χ0) is 49.3. The molecule has 6 nitrogen and oxygen atoms in total. The number of rotatable bonds is 47. The van der Waals surface area contributed by atoms with Crippen molar-refractivity contribution in [2.24, 2.45) is 0 Å². The van der Waals surface area contributed by atoms with Crippen LogP contribution < -0.4 is 0 Å². The fraction of sp³-hybridized carbons (Fsp3) is 0.597. The summed E-state index contributed by atoms with van der Waals surface area (Å²) in [6, 6.07) is 0. The minimum Gasteiger partial charge on any atom is -0.462 e. The summed E-state index contributed by atoms with van der Waals surface area (Å²) in [4.78, 5) is 38.0. The standard InChI is InChI=1S/C62H98O6/c1-4-7-10-13-16-19-22-25-27-29-31-33-34-37-40-43-46-49-52-55-61(64)67-58-59(57-66-60(63)54-51-48-45-42-39-36-24-21-18-15-12-9-6-3)68-62(65)56-53-50-47-44-41-38-35-32-30-28-26-23-20-17-14-11-8-5-2/h7,9-10,12,15-16,18-19,21,24-25,27-28,30-33,35,37,40,46,49,59H,4-6,8,11,13-14,17,20,22-23,26,29,34,36,38-39,41-45,47-48,50-58H2,1-3H3/b10-7-,12-9-,18-15-,19-16-,24-21-,27-25-,30-28-,33-31-,35-32-,40-37-,49-46-. The van der Waals surface area contributed by atoms with Gasteiger partial charge in [0.2, 0.25) is 0 Å². The van der Waals surface area contributed by atoms with Crippen LogP contribution in [-0.4, -0.2) is 37.2 Å². The van der Waals surface area contributed by atoms with E-state index in [1.54, 1.807) is 0 Å². The van der Waals surface area contributed by atoms with Crippen LogP contribution in [-0.2, 0) is 28.6 Å². The minimum atomic E-state index is -0.830. The third kappa shape index (κ3) is 52.5. The highest BCUT2D eigenvalue weighted by molar-refractivity contribution is 5.71. The summed E-state index contributed by atoms with van der Waals surface area (Å²) in [7, 11) is 0. The molecule has 0 heterocycles. The first-order valence-corrected chi connectivity index (χ1v) is 27.2. The topological polar surface area (TPSA) is 78.9 Å². The highest BCUT2D eigenvalue weighted by atomic mass is 16.6. The molecule has 0 saturated heterocycles.